The minimum absolute atomic E-state index is 0.0245. The first kappa shape index (κ1) is 15.2. The van der Waals surface area contributed by atoms with Crippen LogP contribution in [0, 0.1) is 6.92 Å². The maximum Gasteiger partial charge on any atom is 0.271 e. The van der Waals surface area contributed by atoms with E-state index in [1.165, 1.54) is 21.9 Å². The van der Waals surface area contributed by atoms with E-state index in [1.54, 1.807) is 11.6 Å². The zero-order valence-electron chi connectivity index (χ0n) is 12.5. The van der Waals surface area contributed by atoms with Crippen molar-refractivity contribution < 1.29 is 9.53 Å². The van der Waals surface area contributed by atoms with Gasteiger partial charge >= 0.3 is 0 Å². The summed E-state index contributed by atoms with van der Waals surface area (Å²) in [7, 11) is 0. The summed E-state index contributed by atoms with van der Waals surface area (Å²) < 4.78 is 6.91. The lowest BCUT2D eigenvalue weighted by molar-refractivity contribution is 0.0945. The smallest absolute Gasteiger partial charge is 0.271 e. The first-order chi connectivity index (χ1) is 11.1. The highest BCUT2D eigenvalue weighted by Crippen LogP contribution is 2.11. The Balaban J connectivity index is 1.58. The molecule has 0 aliphatic rings. The number of nitrogens with one attached hydrogen (secondary N) is 1. The van der Waals surface area contributed by atoms with Crippen molar-refractivity contribution in [3.05, 3.63) is 63.5 Å². The average molecular weight is 329 g/mol. The normalized spacial score (nSPS) is 10.7. The van der Waals surface area contributed by atoms with Crippen LogP contribution in [0.3, 0.4) is 0 Å². The number of nitrogens with zero attached hydrogens (tertiary/aromatic N) is 2. The van der Waals surface area contributed by atoms with Crippen LogP contribution in [0.25, 0.3) is 4.96 Å². The molecule has 0 spiro atoms. The SMILES string of the molecule is Cc1cccc(OCCNC(=O)c2cnc3sccn3c2=O)c1. The largest absolute Gasteiger partial charge is 0.492 e. The molecular formula is C16H15N3O3S. The van der Waals surface area contributed by atoms with Crippen LogP contribution in [-0.2, 0) is 0 Å². The Morgan fingerprint density at radius 3 is 3.13 bits per heavy atom. The predicted molar refractivity (Wildman–Crippen MR) is 88.3 cm³/mol. The number of hydrogen-bond donors (Lipinski definition) is 1. The standard InChI is InChI=1S/C16H15N3O3S/c1-11-3-2-4-12(9-11)22-7-5-17-14(20)13-10-18-16-19(15(13)21)6-8-23-16/h2-4,6,8-10H,5,7H2,1H3,(H,17,20). The second-order valence-corrected chi connectivity index (χ2v) is 5.83. The number of carbonyl (C=O) groups excluding carboxylic acids is 1. The molecule has 1 amide bonds. The van der Waals surface area contributed by atoms with Crippen LogP contribution < -0.4 is 15.6 Å². The zero-order chi connectivity index (χ0) is 16.2. The molecule has 1 aromatic carbocycles. The van der Waals surface area contributed by atoms with E-state index in [9.17, 15) is 9.59 Å². The van der Waals surface area contributed by atoms with Crippen LogP contribution in [0.4, 0.5) is 0 Å². The fourth-order valence-corrected chi connectivity index (χ4v) is 2.79. The Morgan fingerprint density at radius 1 is 1.43 bits per heavy atom. The molecule has 0 saturated carbocycles. The van der Waals surface area contributed by atoms with Gasteiger partial charge in [0.05, 0.1) is 6.54 Å². The first-order valence-corrected chi connectivity index (χ1v) is 7.95. The molecule has 0 aliphatic carbocycles. The van der Waals surface area contributed by atoms with Gasteiger partial charge in [0.1, 0.15) is 17.9 Å². The topological polar surface area (TPSA) is 72.7 Å². The van der Waals surface area contributed by atoms with Crippen molar-refractivity contribution in [3.63, 3.8) is 0 Å². The lowest BCUT2D eigenvalue weighted by Crippen LogP contribution is -2.33. The second-order valence-electron chi connectivity index (χ2n) is 4.95. The van der Waals surface area contributed by atoms with Gasteiger partial charge in [0.25, 0.3) is 11.5 Å². The molecule has 0 aliphatic heterocycles. The Hall–Kier alpha value is -2.67. The Morgan fingerprint density at radius 2 is 2.30 bits per heavy atom. The number of benzene rings is 1. The minimum atomic E-state index is -0.448. The maximum atomic E-state index is 12.2. The molecule has 3 aromatic rings. The van der Waals surface area contributed by atoms with Crippen LogP contribution in [0.15, 0.2) is 46.8 Å². The highest BCUT2D eigenvalue weighted by Gasteiger charge is 2.13. The summed E-state index contributed by atoms with van der Waals surface area (Å²) in [4.78, 5) is 28.9. The van der Waals surface area contributed by atoms with E-state index >= 15 is 0 Å². The summed E-state index contributed by atoms with van der Waals surface area (Å²) in [5, 5.41) is 4.42. The van der Waals surface area contributed by atoms with Crippen LogP contribution in [0.1, 0.15) is 15.9 Å². The van der Waals surface area contributed by atoms with Crippen molar-refractivity contribution >= 4 is 22.2 Å². The van der Waals surface area contributed by atoms with Crippen LogP contribution in [-0.4, -0.2) is 28.4 Å². The van der Waals surface area contributed by atoms with E-state index in [1.807, 2.05) is 31.2 Å². The highest BCUT2D eigenvalue weighted by molar-refractivity contribution is 7.15. The second kappa shape index (κ2) is 6.62. The number of rotatable bonds is 5. The van der Waals surface area contributed by atoms with E-state index < -0.39 is 5.91 Å². The molecule has 0 bridgehead atoms. The van der Waals surface area contributed by atoms with Crippen LogP contribution in [0.5, 0.6) is 5.75 Å². The molecule has 6 nitrogen and oxygen atoms in total. The number of ether oxygens (including phenoxy) is 1. The van der Waals surface area contributed by atoms with Crippen molar-refractivity contribution in [2.24, 2.45) is 0 Å². The molecule has 0 fully saturated rings. The molecule has 2 heterocycles. The zero-order valence-corrected chi connectivity index (χ0v) is 13.3. The number of thiazole rings is 1. The van der Waals surface area contributed by atoms with Crippen molar-refractivity contribution in [3.8, 4) is 5.75 Å². The average Bonchev–Trinajstić information content (AvgIpc) is 3.01. The van der Waals surface area contributed by atoms with E-state index in [2.05, 4.69) is 10.3 Å². The quantitative estimate of drug-likeness (QED) is 0.725. The predicted octanol–water partition coefficient (Wildman–Crippen LogP) is 1.87. The van der Waals surface area contributed by atoms with Gasteiger partial charge in [-0.05, 0) is 24.6 Å². The van der Waals surface area contributed by atoms with Gasteiger partial charge in [-0.2, -0.15) is 0 Å². The number of hydrogen-bond acceptors (Lipinski definition) is 5. The van der Waals surface area contributed by atoms with Crippen molar-refractivity contribution in [1.82, 2.24) is 14.7 Å². The number of aromatic nitrogens is 2. The van der Waals surface area contributed by atoms with E-state index in [4.69, 9.17) is 4.74 Å². The molecule has 118 valence electrons. The molecule has 2 aromatic heterocycles. The molecule has 0 unspecified atom stereocenters. The summed E-state index contributed by atoms with van der Waals surface area (Å²) in [5.74, 6) is 0.302. The number of fused-ring (bicyclic) bond motifs is 1. The third kappa shape index (κ3) is 3.40. The lowest BCUT2D eigenvalue weighted by Gasteiger charge is -2.08. The molecule has 0 radical (unpaired) electrons. The van der Waals surface area contributed by atoms with Gasteiger partial charge in [-0.15, -0.1) is 11.3 Å². The Kier molecular flexibility index (Phi) is 4.38. The van der Waals surface area contributed by atoms with Gasteiger partial charge in [-0.3, -0.25) is 14.0 Å². The summed E-state index contributed by atoms with van der Waals surface area (Å²) in [6, 6.07) is 7.67. The first-order valence-electron chi connectivity index (χ1n) is 7.08. The van der Waals surface area contributed by atoms with Gasteiger partial charge < -0.3 is 10.1 Å². The molecule has 1 N–H and O–H groups in total. The van der Waals surface area contributed by atoms with Gasteiger partial charge in [0.15, 0.2) is 4.96 Å². The molecule has 23 heavy (non-hydrogen) atoms. The molecule has 0 saturated heterocycles. The number of carbonyl (C=O) groups is 1. The third-order valence-corrected chi connectivity index (χ3v) is 4.00. The highest BCUT2D eigenvalue weighted by atomic mass is 32.1. The van der Waals surface area contributed by atoms with Crippen molar-refractivity contribution in [1.29, 1.82) is 0 Å². The summed E-state index contributed by atoms with van der Waals surface area (Å²) in [6.45, 7) is 2.61. The molecule has 0 atom stereocenters. The van der Waals surface area contributed by atoms with Crippen LogP contribution in [0.2, 0.25) is 0 Å². The fraction of sp³-hybridized carbons (Fsp3) is 0.188. The number of amides is 1. The Labute approximate surface area is 136 Å². The van der Waals surface area contributed by atoms with Crippen LogP contribution >= 0.6 is 11.3 Å². The lowest BCUT2D eigenvalue weighted by atomic mass is 10.2. The third-order valence-electron chi connectivity index (χ3n) is 3.23. The minimum Gasteiger partial charge on any atom is -0.492 e. The molecule has 3 rings (SSSR count). The summed E-state index contributed by atoms with van der Waals surface area (Å²) in [5.41, 5.74) is 0.763. The van der Waals surface area contributed by atoms with Crippen molar-refractivity contribution in [2.75, 3.05) is 13.2 Å². The molecule has 7 heteroatoms. The van der Waals surface area contributed by atoms with Crippen molar-refractivity contribution in [2.45, 2.75) is 6.92 Å². The van der Waals surface area contributed by atoms with Gasteiger partial charge in [0, 0.05) is 17.8 Å². The fourth-order valence-electron chi connectivity index (χ4n) is 2.11. The number of aryl methyl sites for hydroxylation is 1. The van der Waals surface area contributed by atoms with Gasteiger partial charge in [-0.1, -0.05) is 12.1 Å². The molecular weight excluding hydrogens is 314 g/mol. The van der Waals surface area contributed by atoms with Gasteiger partial charge in [0.2, 0.25) is 0 Å². The van der Waals surface area contributed by atoms with E-state index in [-0.39, 0.29) is 11.1 Å². The Bertz CT molecular complexity index is 901. The monoisotopic (exact) mass is 329 g/mol. The maximum absolute atomic E-state index is 12.2. The van der Waals surface area contributed by atoms with E-state index in [0.29, 0.717) is 18.1 Å². The van der Waals surface area contributed by atoms with Gasteiger partial charge in [-0.25, -0.2) is 4.98 Å². The summed E-state index contributed by atoms with van der Waals surface area (Å²) in [6.07, 6.45) is 2.91. The van der Waals surface area contributed by atoms with E-state index in [0.717, 1.165) is 11.3 Å². The summed E-state index contributed by atoms with van der Waals surface area (Å²) >= 11 is 1.34.